The molecule has 0 radical (unpaired) electrons. The Kier molecular flexibility index (Phi) is 6.86. The van der Waals surface area contributed by atoms with Gasteiger partial charge in [0.2, 0.25) is 11.8 Å². The van der Waals surface area contributed by atoms with Gasteiger partial charge in [0.1, 0.15) is 24.9 Å². The molecule has 3 N–H and O–H groups in total. The van der Waals surface area contributed by atoms with E-state index in [1.807, 2.05) is 50.2 Å². The number of benzene rings is 2. The predicted molar refractivity (Wildman–Crippen MR) is 126 cm³/mol. The standard InChI is InChI=1S/C26H30FN3O4/c1-3-15(2)23(25(32)30-13-16(27)12-22(30)24(28)31)29-26(33)34-14-21-19-10-6-4-8-17(19)18-9-5-7-11-20(18)21/h4-11,15-16,21-23H,3,12-14H2,1-2H3,(H2,28,31)(H,29,33)/t15-,16-,22-,23-/m0/s1. The average Bonchev–Trinajstić information content (AvgIpc) is 3.38. The van der Waals surface area contributed by atoms with Crippen LogP contribution in [0, 0.1) is 5.92 Å². The Bertz CT molecular complexity index is 1050. The molecule has 1 aliphatic heterocycles. The van der Waals surface area contributed by atoms with Gasteiger partial charge in [0.05, 0.1) is 6.54 Å². The first-order chi connectivity index (χ1) is 16.3. The van der Waals surface area contributed by atoms with Gasteiger partial charge >= 0.3 is 6.09 Å². The molecular weight excluding hydrogens is 437 g/mol. The highest BCUT2D eigenvalue weighted by Crippen LogP contribution is 2.44. The van der Waals surface area contributed by atoms with Crippen molar-refractivity contribution in [3.63, 3.8) is 0 Å². The van der Waals surface area contributed by atoms with E-state index in [4.69, 9.17) is 10.5 Å². The summed E-state index contributed by atoms with van der Waals surface area (Å²) in [7, 11) is 0. The highest BCUT2D eigenvalue weighted by Gasteiger charge is 2.42. The van der Waals surface area contributed by atoms with Gasteiger partial charge in [0.25, 0.3) is 0 Å². The molecule has 0 saturated carbocycles. The zero-order chi connectivity index (χ0) is 24.4. The number of nitrogens with one attached hydrogen (secondary N) is 1. The van der Waals surface area contributed by atoms with Crippen LogP contribution >= 0.6 is 0 Å². The first kappa shape index (κ1) is 23.7. The lowest BCUT2D eigenvalue weighted by atomic mass is 9.97. The fourth-order valence-corrected chi connectivity index (χ4v) is 4.93. The highest BCUT2D eigenvalue weighted by molar-refractivity contribution is 5.91. The minimum absolute atomic E-state index is 0.110. The lowest BCUT2D eigenvalue weighted by Gasteiger charge is -2.30. The smallest absolute Gasteiger partial charge is 0.407 e. The third-order valence-electron chi connectivity index (χ3n) is 6.96. The first-order valence-corrected chi connectivity index (χ1v) is 11.7. The first-order valence-electron chi connectivity index (χ1n) is 11.7. The molecule has 1 heterocycles. The van der Waals surface area contributed by atoms with Gasteiger partial charge in [-0.05, 0) is 28.2 Å². The Morgan fingerprint density at radius 2 is 1.71 bits per heavy atom. The summed E-state index contributed by atoms with van der Waals surface area (Å²) in [5, 5.41) is 2.66. The summed E-state index contributed by atoms with van der Waals surface area (Å²) in [6, 6.07) is 14.1. The predicted octanol–water partition coefficient (Wildman–Crippen LogP) is 3.36. The van der Waals surface area contributed by atoms with Gasteiger partial charge in [-0.15, -0.1) is 0 Å². The van der Waals surface area contributed by atoms with Crippen molar-refractivity contribution >= 4 is 17.9 Å². The number of alkyl carbamates (subject to hydrolysis) is 1. The largest absolute Gasteiger partial charge is 0.449 e. The van der Waals surface area contributed by atoms with E-state index in [0.717, 1.165) is 27.2 Å². The quantitative estimate of drug-likeness (QED) is 0.652. The molecule has 0 unspecified atom stereocenters. The summed E-state index contributed by atoms with van der Waals surface area (Å²) >= 11 is 0. The summed E-state index contributed by atoms with van der Waals surface area (Å²) in [5.41, 5.74) is 9.79. The summed E-state index contributed by atoms with van der Waals surface area (Å²) in [4.78, 5) is 38.9. The number of hydrogen-bond donors (Lipinski definition) is 2. The van der Waals surface area contributed by atoms with E-state index in [-0.39, 0.29) is 31.4 Å². The fourth-order valence-electron chi connectivity index (χ4n) is 4.93. The second-order valence-electron chi connectivity index (χ2n) is 9.07. The van der Waals surface area contributed by atoms with Crippen molar-refractivity contribution in [2.24, 2.45) is 11.7 Å². The number of primary amides is 1. The maximum Gasteiger partial charge on any atom is 0.407 e. The lowest BCUT2D eigenvalue weighted by molar-refractivity contribution is -0.140. The maximum atomic E-state index is 14.0. The summed E-state index contributed by atoms with van der Waals surface area (Å²) < 4.78 is 19.6. The van der Waals surface area contributed by atoms with Crippen LogP contribution in [0.1, 0.15) is 43.7 Å². The number of nitrogens with zero attached hydrogens (tertiary/aromatic N) is 1. The van der Waals surface area contributed by atoms with Crippen molar-refractivity contribution in [1.29, 1.82) is 0 Å². The molecular formula is C26H30FN3O4. The van der Waals surface area contributed by atoms with E-state index in [9.17, 15) is 18.8 Å². The molecule has 3 amide bonds. The Balaban J connectivity index is 1.46. The van der Waals surface area contributed by atoms with Crippen LogP contribution in [0.4, 0.5) is 9.18 Å². The second-order valence-corrected chi connectivity index (χ2v) is 9.07. The SMILES string of the molecule is CC[C@H](C)[C@H](NC(=O)OCC1c2ccccc2-c2ccccc21)C(=O)N1C[C@@H](F)C[C@H]1C(N)=O. The van der Waals surface area contributed by atoms with Crippen LogP contribution in [-0.4, -0.2) is 54.2 Å². The van der Waals surface area contributed by atoms with Crippen molar-refractivity contribution in [3.05, 3.63) is 59.7 Å². The molecule has 7 nitrogen and oxygen atoms in total. The summed E-state index contributed by atoms with van der Waals surface area (Å²) in [6.45, 7) is 3.60. The molecule has 0 spiro atoms. The van der Waals surface area contributed by atoms with Crippen molar-refractivity contribution in [2.75, 3.05) is 13.2 Å². The third-order valence-corrected chi connectivity index (χ3v) is 6.96. The van der Waals surface area contributed by atoms with E-state index >= 15 is 0 Å². The third kappa shape index (κ3) is 4.49. The zero-order valence-electron chi connectivity index (χ0n) is 19.4. The number of likely N-dealkylation sites (tertiary alicyclic amines) is 1. The summed E-state index contributed by atoms with van der Waals surface area (Å²) in [5.74, 6) is -1.63. The number of rotatable bonds is 7. The van der Waals surface area contributed by atoms with E-state index < -0.39 is 36.2 Å². The van der Waals surface area contributed by atoms with Crippen molar-refractivity contribution < 1.29 is 23.5 Å². The van der Waals surface area contributed by atoms with Gasteiger partial charge in [-0.25, -0.2) is 9.18 Å². The number of hydrogen-bond acceptors (Lipinski definition) is 4. The second kappa shape index (κ2) is 9.83. The molecule has 180 valence electrons. The Morgan fingerprint density at radius 3 is 2.26 bits per heavy atom. The molecule has 8 heteroatoms. The van der Waals surface area contributed by atoms with Gasteiger partial charge < -0.3 is 20.7 Å². The van der Waals surface area contributed by atoms with E-state index in [0.29, 0.717) is 6.42 Å². The normalized spacial score (nSPS) is 20.9. The Morgan fingerprint density at radius 1 is 1.12 bits per heavy atom. The van der Waals surface area contributed by atoms with Crippen LogP contribution in [-0.2, 0) is 14.3 Å². The van der Waals surface area contributed by atoms with Crippen LogP contribution in [0.15, 0.2) is 48.5 Å². The molecule has 1 aliphatic carbocycles. The van der Waals surface area contributed by atoms with E-state index in [1.54, 1.807) is 0 Å². The van der Waals surface area contributed by atoms with Crippen molar-refractivity contribution in [3.8, 4) is 11.1 Å². The Labute approximate surface area is 198 Å². The van der Waals surface area contributed by atoms with Gasteiger partial charge in [0.15, 0.2) is 0 Å². The van der Waals surface area contributed by atoms with Crippen molar-refractivity contribution in [2.45, 2.75) is 50.9 Å². The zero-order valence-corrected chi connectivity index (χ0v) is 19.4. The number of ether oxygens (including phenoxy) is 1. The molecule has 2 aromatic carbocycles. The lowest BCUT2D eigenvalue weighted by Crippen LogP contribution is -2.55. The van der Waals surface area contributed by atoms with Crippen LogP contribution in [0.25, 0.3) is 11.1 Å². The molecule has 0 bridgehead atoms. The van der Waals surface area contributed by atoms with Gasteiger partial charge in [-0.2, -0.15) is 0 Å². The topological polar surface area (TPSA) is 102 Å². The van der Waals surface area contributed by atoms with Crippen LogP contribution < -0.4 is 11.1 Å². The van der Waals surface area contributed by atoms with Crippen LogP contribution in [0.2, 0.25) is 0 Å². The van der Waals surface area contributed by atoms with Gasteiger partial charge in [-0.1, -0.05) is 68.8 Å². The van der Waals surface area contributed by atoms with Crippen LogP contribution in [0.3, 0.4) is 0 Å². The molecule has 4 rings (SSSR count). The summed E-state index contributed by atoms with van der Waals surface area (Å²) in [6.07, 6.45) is -1.59. The minimum Gasteiger partial charge on any atom is -0.449 e. The highest BCUT2D eigenvalue weighted by atomic mass is 19.1. The number of alkyl halides is 1. The van der Waals surface area contributed by atoms with Crippen LogP contribution in [0.5, 0.6) is 0 Å². The molecule has 2 aliphatic rings. The monoisotopic (exact) mass is 467 g/mol. The minimum atomic E-state index is -1.33. The average molecular weight is 468 g/mol. The number of halogens is 1. The molecule has 34 heavy (non-hydrogen) atoms. The molecule has 2 aromatic rings. The van der Waals surface area contributed by atoms with Gasteiger partial charge in [-0.3, -0.25) is 9.59 Å². The van der Waals surface area contributed by atoms with Gasteiger partial charge in [0, 0.05) is 12.3 Å². The molecule has 4 atom stereocenters. The van der Waals surface area contributed by atoms with Crippen molar-refractivity contribution in [1.82, 2.24) is 10.2 Å². The molecule has 1 saturated heterocycles. The number of amides is 3. The van der Waals surface area contributed by atoms with E-state index in [2.05, 4.69) is 17.4 Å². The number of carbonyl (C=O) groups is 3. The fraction of sp³-hybridized carbons (Fsp3) is 0.423. The molecule has 1 fully saturated rings. The Hall–Kier alpha value is -3.42. The number of carbonyl (C=O) groups excluding carboxylic acids is 3. The number of nitrogens with two attached hydrogens (primary N) is 1. The van der Waals surface area contributed by atoms with E-state index in [1.165, 1.54) is 0 Å². The molecule has 0 aromatic heterocycles. The number of fused-ring (bicyclic) bond motifs is 3. The maximum absolute atomic E-state index is 14.0.